The van der Waals surface area contributed by atoms with Crippen molar-refractivity contribution in [1.82, 2.24) is 0 Å². The Morgan fingerprint density at radius 3 is 2.32 bits per heavy atom. The van der Waals surface area contributed by atoms with Gasteiger partial charge in [0.05, 0.1) is 24.4 Å². The number of nitrogens with two attached hydrogens (primary N) is 1. The second kappa shape index (κ2) is 9.91. The maximum atomic E-state index is 12.7. The van der Waals surface area contributed by atoms with Crippen LogP contribution in [0.1, 0.15) is 99.8 Å². The van der Waals surface area contributed by atoms with E-state index in [0.29, 0.717) is 5.92 Å². The fourth-order valence-corrected chi connectivity index (χ4v) is 14.0. The van der Waals surface area contributed by atoms with E-state index in [1.54, 1.807) is 0 Å². The van der Waals surface area contributed by atoms with Gasteiger partial charge in [-0.15, -0.1) is 0 Å². The normalized spacial score (nSPS) is 58.8. The van der Waals surface area contributed by atoms with Gasteiger partial charge in [0.2, 0.25) is 5.79 Å². The summed E-state index contributed by atoms with van der Waals surface area (Å²) in [6, 6.07) is 0. The minimum atomic E-state index is -1.31. The Kier molecular flexibility index (Phi) is 7.01. The lowest BCUT2D eigenvalue weighted by molar-refractivity contribution is -0.302. The summed E-state index contributed by atoms with van der Waals surface area (Å²) >= 11 is 0. The summed E-state index contributed by atoms with van der Waals surface area (Å²) in [6.45, 7) is 14.1. The molecule has 2 bridgehead atoms. The lowest BCUT2D eigenvalue weighted by atomic mass is 9.43. The lowest BCUT2D eigenvalue weighted by Crippen LogP contribution is -2.70. The van der Waals surface area contributed by atoms with Gasteiger partial charge in [-0.3, -0.25) is 4.79 Å². The van der Waals surface area contributed by atoms with Crippen LogP contribution in [0.2, 0.25) is 0 Å². The van der Waals surface area contributed by atoms with Crippen LogP contribution in [0.3, 0.4) is 0 Å². The fourth-order valence-electron chi connectivity index (χ4n) is 14.0. The van der Waals surface area contributed by atoms with Crippen molar-refractivity contribution in [1.29, 1.82) is 0 Å². The van der Waals surface area contributed by atoms with Gasteiger partial charge in [0.15, 0.2) is 6.29 Å². The first kappa shape index (κ1) is 33.3. The van der Waals surface area contributed by atoms with Crippen LogP contribution < -0.4 is 5.73 Å². The third-order valence-electron chi connectivity index (χ3n) is 15.8. The van der Waals surface area contributed by atoms with Gasteiger partial charge in [0, 0.05) is 12.8 Å². The van der Waals surface area contributed by atoms with E-state index in [4.69, 9.17) is 29.4 Å². The first-order chi connectivity index (χ1) is 21.8. The van der Waals surface area contributed by atoms with Crippen molar-refractivity contribution in [3.8, 4) is 0 Å². The highest BCUT2D eigenvalue weighted by atomic mass is 16.8. The zero-order chi connectivity index (χ0) is 33.9. The molecule has 3 saturated heterocycles. The van der Waals surface area contributed by atoms with Crippen LogP contribution in [0.15, 0.2) is 0 Å². The monoisotopic (exact) mass is 663 g/mol. The molecule has 5 saturated carbocycles. The van der Waals surface area contributed by atoms with E-state index in [-0.39, 0.29) is 58.8 Å². The third-order valence-corrected chi connectivity index (χ3v) is 15.8. The Morgan fingerprint density at radius 2 is 1.62 bits per heavy atom. The highest BCUT2D eigenvalue weighted by Crippen LogP contribution is 2.88. The summed E-state index contributed by atoms with van der Waals surface area (Å²) in [6.07, 6.45) is 0.647. The van der Waals surface area contributed by atoms with E-state index in [0.717, 1.165) is 51.4 Å². The molecule has 0 aromatic carbocycles. The Balaban J connectivity index is 1.09. The van der Waals surface area contributed by atoms with E-state index in [9.17, 15) is 25.2 Å². The molecule has 0 radical (unpaired) electrons. The van der Waals surface area contributed by atoms with Crippen molar-refractivity contribution in [3.63, 3.8) is 0 Å². The number of hydrogen-bond donors (Lipinski definition) is 5. The van der Waals surface area contributed by atoms with Crippen LogP contribution in [0, 0.1) is 45.3 Å². The van der Waals surface area contributed by atoms with E-state index in [2.05, 4.69) is 27.7 Å². The number of rotatable bonds is 4. The number of carbonyl (C=O) groups is 1. The predicted octanol–water partition coefficient (Wildman–Crippen LogP) is 2.38. The molecular formula is C36H57NO10. The molecule has 0 amide bonds. The van der Waals surface area contributed by atoms with Gasteiger partial charge in [0.1, 0.15) is 36.1 Å². The molecule has 10 unspecified atom stereocenters. The third kappa shape index (κ3) is 3.87. The molecule has 11 nitrogen and oxygen atoms in total. The second-order valence-corrected chi connectivity index (χ2v) is 18.5. The average molecular weight is 664 g/mol. The maximum absolute atomic E-state index is 12.7. The summed E-state index contributed by atoms with van der Waals surface area (Å²) < 4.78 is 31.6. The van der Waals surface area contributed by atoms with Crippen LogP contribution in [-0.2, 0) is 28.5 Å². The molecule has 3 spiro atoms. The molecule has 11 heteroatoms. The van der Waals surface area contributed by atoms with E-state index in [1.165, 1.54) is 6.92 Å². The molecular weight excluding hydrogens is 606 g/mol. The number of carbonyl (C=O) groups excluding carboxylic acids is 1. The average Bonchev–Trinajstić information content (AvgIpc) is 3.49. The van der Waals surface area contributed by atoms with Crippen molar-refractivity contribution >= 4 is 5.97 Å². The molecule has 5 aliphatic carbocycles. The first-order valence-electron chi connectivity index (χ1n) is 18.2. The number of esters is 1. The number of ether oxygens (including phenoxy) is 5. The Hall–Kier alpha value is -0.890. The van der Waals surface area contributed by atoms with Crippen LogP contribution >= 0.6 is 0 Å². The standard InChI is InChI=1S/C36H57NO10/c1-17-14-20-27(31(5,6)45-18(2)38)47-36(46-20)26(17)32(7)12-13-34-16-33(34)11-10-23(44-28-25(41)24(40)19(39)15-43-28)30(3,4)21(33)8-9-22(34)35(32,37)29(36)42/h17,19-29,39-42H,8-16,37H2,1-7H3/t17-,19+,20?,21+,22?,23?,24?,25-,26-,27?,28?,29-,32?,33?,34?,35+,36?/m1/s1. The SMILES string of the molecule is CC(=O)OC(C)(C)C1OC23OC1C[C@@H](C)[C@@H]2C1(C)CCC24CC25CCC(OC2OC[C@H](O)C(O)[C@H]2O)C(C)(C)[C@@H]5CCC4[C@]1(N)[C@H]3O. The number of aliphatic hydroxyl groups excluding tert-OH is 4. The van der Waals surface area contributed by atoms with Crippen molar-refractivity contribution in [2.24, 2.45) is 51.1 Å². The largest absolute Gasteiger partial charge is 0.457 e. The molecule has 8 fully saturated rings. The van der Waals surface area contributed by atoms with Crippen LogP contribution in [0.25, 0.3) is 0 Å². The molecule has 266 valence electrons. The quantitative estimate of drug-likeness (QED) is 0.221. The van der Waals surface area contributed by atoms with Gasteiger partial charge in [0.25, 0.3) is 0 Å². The fraction of sp³-hybridized carbons (Fsp3) is 0.972. The second-order valence-electron chi connectivity index (χ2n) is 18.5. The lowest BCUT2D eigenvalue weighted by Gasteiger charge is -2.63. The van der Waals surface area contributed by atoms with Crippen LogP contribution in [0.4, 0.5) is 0 Å². The van der Waals surface area contributed by atoms with Gasteiger partial charge in [-0.1, -0.05) is 27.7 Å². The van der Waals surface area contributed by atoms with Crippen molar-refractivity contribution in [3.05, 3.63) is 0 Å². The van der Waals surface area contributed by atoms with Crippen LogP contribution in [-0.4, -0.2) is 98.9 Å². The minimum absolute atomic E-state index is 0.0103. The van der Waals surface area contributed by atoms with Gasteiger partial charge in [-0.05, 0) is 105 Å². The van der Waals surface area contributed by atoms with Crippen molar-refractivity contribution in [2.75, 3.05) is 6.61 Å². The summed E-state index contributed by atoms with van der Waals surface area (Å²) in [4.78, 5) is 12.1. The molecule has 17 atom stereocenters. The topological polar surface area (TPSA) is 170 Å². The van der Waals surface area contributed by atoms with Gasteiger partial charge >= 0.3 is 5.97 Å². The van der Waals surface area contributed by atoms with Crippen molar-refractivity contribution < 1.29 is 48.9 Å². The minimum Gasteiger partial charge on any atom is -0.457 e. The molecule has 3 heterocycles. The summed E-state index contributed by atoms with van der Waals surface area (Å²) in [7, 11) is 0. The Morgan fingerprint density at radius 1 is 0.936 bits per heavy atom. The van der Waals surface area contributed by atoms with Crippen LogP contribution in [0.5, 0.6) is 0 Å². The summed E-state index contributed by atoms with van der Waals surface area (Å²) in [5.74, 6) is -1.03. The summed E-state index contributed by atoms with van der Waals surface area (Å²) in [5, 5.41) is 43.5. The van der Waals surface area contributed by atoms with Gasteiger partial charge in [-0.25, -0.2) is 0 Å². The number of hydrogen-bond acceptors (Lipinski definition) is 11. The van der Waals surface area contributed by atoms with E-state index < -0.39 is 59.2 Å². The highest BCUT2D eigenvalue weighted by Gasteiger charge is 2.88. The summed E-state index contributed by atoms with van der Waals surface area (Å²) in [5.41, 5.74) is 5.44. The number of aliphatic hydroxyl groups is 4. The zero-order valence-electron chi connectivity index (χ0n) is 29.1. The molecule has 0 aromatic heterocycles. The molecule has 6 N–H and O–H groups in total. The Labute approximate surface area is 278 Å². The van der Waals surface area contributed by atoms with E-state index in [1.807, 2.05) is 13.8 Å². The predicted molar refractivity (Wildman–Crippen MR) is 167 cm³/mol. The molecule has 8 aliphatic rings. The molecule has 0 aromatic rings. The van der Waals surface area contributed by atoms with E-state index >= 15 is 0 Å². The van der Waals surface area contributed by atoms with Crippen molar-refractivity contribution in [2.45, 2.75) is 166 Å². The first-order valence-corrected chi connectivity index (χ1v) is 18.2. The molecule has 47 heavy (non-hydrogen) atoms. The smallest absolute Gasteiger partial charge is 0.303 e. The molecule has 8 rings (SSSR count). The Bertz CT molecular complexity index is 1330. The molecule has 3 aliphatic heterocycles. The number of fused-ring (bicyclic) bond motifs is 4. The van der Waals surface area contributed by atoms with Gasteiger partial charge < -0.3 is 49.8 Å². The van der Waals surface area contributed by atoms with Gasteiger partial charge in [-0.2, -0.15) is 0 Å². The highest BCUT2D eigenvalue weighted by molar-refractivity contribution is 5.66. The zero-order valence-corrected chi connectivity index (χ0v) is 29.1. The maximum Gasteiger partial charge on any atom is 0.303 e.